The van der Waals surface area contributed by atoms with Crippen LogP contribution >= 0.6 is 0 Å². The lowest BCUT2D eigenvalue weighted by atomic mass is 10.1. The second kappa shape index (κ2) is 13.4. The highest BCUT2D eigenvalue weighted by Crippen LogP contribution is 2.10. The number of rotatable bonds is 13. The number of carbonyl (C=O) groups excluding carboxylic acids is 1. The van der Waals surface area contributed by atoms with Gasteiger partial charge >= 0.3 is 0 Å². The quantitative estimate of drug-likeness (QED) is 0.456. The van der Waals surface area contributed by atoms with Crippen molar-refractivity contribution >= 4 is 5.91 Å². The van der Waals surface area contributed by atoms with E-state index in [0.717, 1.165) is 12.8 Å². The molecule has 0 spiro atoms. The first-order chi connectivity index (χ1) is 9.59. The standard InChI is InChI=1S/C16H34N2O2/c1-3-4-5-6-7-8-9-10-11-12-13-18-16(20)15(17)14(2)19/h14-15,19H,3-13,17H2,1-2H3,(H,18,20)/t14-,15+/m0/s1. The molecule has 0 saturated carbocycles. The van der Waals surface area contributed by atoms with Crippen LogP contribution in [0.15, 0.2) is 0 Å². The van der Waals surface area contributed by atoms with Crippen LogP contribution in [-0.4, -0.2) is 29.7 Å². The summed E-state index contributed by atoms with van der Waals surface area (Å²) in [5.41, 5.74) is 5.53. The molecule has 0 unspecified atom stereocenters. The molecule has 0 bridgehead atoms. The second-order valence-corrected chi connectivity index (χ2v) is 5.74. The molecule has 0 rings (SSSR count). The lowest BCUT2D eigenvalue weighted by Gasteiger charge is -2.14. The van der Waals surface area contributed by atoms with Crippen molar-refractivity contribution in [1.82, 2.24) is 5.32 Å². The normalized spacial score (nSPS) is 14.0. The van der Waals surface area contributed by atoms with Gasteiger partial charge in [-0.15, -0.1) is 0 Å². The van der Waals surface area contributed by atoms with Crippen LogP contribution in [0.1, 0.15) is 78.1 Å². The first kappa shape index (κ1) is 19.4. The zero-order valence-electron chi connectivity index (χ0n) is 13.4. The van der Waals surface area contributed by atoms with Gasteiger partial charge in [-0.2, -0.15) is 0 Å². The molecule has 0 aliphatic rings. The third-order valence-corrected chi connectivity index (χ3v) is 3.65. The Bertz CT molecular complexity index is 233. The van der Waals surface area contributed by atoms with Crippen molar-refractivity contribution in [1.29, 1.82) is 0 Å². The fraction of sp³-hybridized carbons (Fsp3) is 0.938. The van der Waals surface area contributed by atoms with Crippen molar-refractivity contribution in [2.75, 3.05) is 6.54 Å². The molecule has 2 atom stereocenters. The average molecular weight is 286 g/mol. The van der Waals surface area contributed by atoms with Crippen molar-refractivity contribution in [3.05, 3.63) is 0 Å². The number of unbranched alkanes of at least 4 members (excludes halogenated alkanes) is 9. The Hall–Kier alpha value is -0.610. The third kappa shape index (κ3) is 11.2. The van der Waals surface area contributed by atoms with Gasteiger partial charge in [-0.1, -0.05) is 64.7 Å². The molecular weight excluding hydrogens is 252 g/mol. The lowest BCUT2D eigenvalue weighted by Crippen LogP contribution is -2.47. The number of aliphatic hydroxyl groups excluding tert-OH is 1. The number of hydrogen-bond acceptors (Lipinski definition) is 3. The van der Waals surface area contributed by atoms with E-state index in [1.54, 1.807) is 0 Å². The molecule has 1 amide bonds. The molecule has 0 saturated heterocycles. The molecule has 0 heterocycles. The van der Waals surface area contributed by atoms with E-state index in [-0.39, 0.29) is 5.91 Å². The number of carbonyl (C=O) groups is 1. The molecule has 4 N–H and O–H groups in total. The van der Waals surface area contributed by atoms with Gasteiger partial charge in [-0.25, -0.2) is 0 Å². The molecule has 120 valence electrons. The third-order valence-electron chi connectivity index (χ3n) is 3.65. The number of nitrogens with one attached hydrogen (secondary N) is 1. The molecular formula is C16H34N2O2. The number of nitrogens with two attached hydrogens (primary N) is 1. The summed E-state index contributed by atoms with van der Waals surface area (Å²) in [5, 5.41) is 11.9. The molecule has 0 aromatic rings. The van der Waals surface area contributed by atoms with Crippen molar-refractivity contribution in [2.45, 2.75) is 90.2 Å². The Morgan fingerprint density at radius 1 is 1.00 bits per heavy atom. The van der Waals surface area contributed by atoms with Gasteiger partial charge in [0, 0.05) is 6.54 Å². The predicted molar refractivity (Wildman–Crippen MR) is 84.5 cm³/mol. The maximum atomic E-state index is 11.4. The van der Waals surface area contributed by atoms with Crippen molar-refractivity contribution in [2.24, 2.45) is 5.73 Å². The van der Waals surface area contributed by atoms with E-state index < -0.39 is 12.1 Å². The molecule has 4 heteroatoms. The second-order valence-electron chi connectivity index (χ2n) is 5.74. The maximum Gasteiger partial charge on any atom is 0.239 e. The Labute approximate surface area is 124 Å². The Balaban J connectivity index is 3.23. The van der Waals surface area contributed by atoms with Gasteiger partial charge in [0.25, 0.3) is 0 Å². The largest absolute Gasteiger partial charge is 0.391 e. The van der Waals surface area contributed by atoms with E-state index in [1.807, 2.05) is 0 Å². The molecule has 0 aliphatic heterocycles. The maximum absolute atomic E-state index is 11.4. The van der Waals surface area contributed by atoms with Crippen LogP contribution in [0.3, 0.4) is 0 Å². The van der Waals surface area contributed by atoms with Crippen molar-refractivity contribution in [3.63, 3.8) is 0 Å². The van der Waals surface area contributed by atoms with Crippen LogP contribution in [0.25, 0.3) is 0 Å². The van der Waals surface area contributed by atoms with Crippen LogP contribution in [0.2, 0.25) is 0 Å². The van der Waals surface area contributed by atoms with Crippen LogP contribution in [0.5, 0.6) is 0 Å². The fourth-order valence-corrected chi connectivity index (χ4v) is 2.16. The Morgan fingerprint density at radius 2 is 1.45 bits per heavy atom. The van der Waals surface area contributed by atoms with Gasteiger partial charge in [0.15, 0.2) is 0 Å². The van der Waals surface area contributed by atoms with E-state index in [4.69, 9.17) is 5.73 Å². The summed E-state index contributed by atoms with van der Waals surface area (Å²) >= 11 is 0. The molecule has 0 fully saturated rings. The first-order valence-corrected chi connectivity index (χ1v) is 8.31. The van der Waals surface area contributed by atoms with Crippen molar-refractivity contribution < 1.29 is 9.90 Å². The number of aliphatic hydroxyl groups is 1. The van der Waals surface area contributed by atoms with Crippen LogP contribution < -0.4 is 11.1 Å². The Kier molecular flexibility index (Phi) is 13.0. The van der Waals surface area contributed by atoms with Gasteiger partial charge in [-0.3, -0.25) is 4.79 Å². The van der Waals surface area contributed by atoms with Gasteiger partial charge in [0.2, 0.25) is 5.91 Å². The van der Waals surface area contributed by atoms with E-state index >= 15 is 0 Å². The SMILES string of the molecule is CCCCCCCCCCCCNC(=O)[C@H](N)[C@H](C)O. The van der Waals surface area contributed by atoms with Crippen LogP contribution in [0, 0.1) is 0 Å². The zero-order chi connectivity index (χ0) is 15.2. The summed E-state index contributed by atoms with van der Waals surface area (Å²) in [5.74, 6) is -0.254. The monoisotopic (exact) mass is 286 g/mol. The highest BCUT2D eigenvalue weighted by molar-refractivity contribution is 5.81. The minimum Gasteiger partial charge on any atom is -0.391 e. The molecule has 20 heavy (non-hydrogen) atoms. The first-order valence-electron chi connectivity index (χ1n) is 8.31. The van der Waals surface area contributed by atoms with Gasteiger partial charge in [-0.05, 0) is 13.3 Å². The van der Waals surface area contributed by atoms with E-state index in [9.17, 15) is 9.90 Å². The van der Waals surface area contributed by atoms with Gasteiger partial charge < -0.3 is 16.2 Å². The summed E-state index contributed by atoms with van der Waals surface area (Å²) < 4.78 is 0. The Morgan fingerprint density at radius 3 is 1.90 bits per heavy atom. The molecule has 0 aromatic heterocycles. The molecule has 0 aromatic carbocycles. The zero-order valence-corrected chi connectivity index (χ0v) is 13.4. The topological polar surface area (TPSA) is 75.4 Å². The van der Waals surface area contributed by atoms with E-state index in [2.05, 4.69) is 12.2 Å². The summed E-state index contributed by atoms with van der Waals surface area (Å²) in [4.78, 5) is 11.4. The average Bonchev–Trinajstić information content (AvgIpc) is 2.43. The summed E-state index contributed by atoms with van der Waals surface area (Å²) in [6, 6.07) is -0.807. The van der Waals surface area contributed by atoms with Gasteiger partial charge in [0.05, 0.1) is 6.10 Å². The summed E-state index contributed by atoms with van der Waals surface area (Å²) in [6.45, 7) is 4.44. The molecule has 0 aliphatic carbocycles. The van der Waals surface area contributed by atoms with Crippen LogP contribution in [0.4, 0.5) is 0 Å². The van der Waals surface area contributed by atoms with Gasteiger partial charge in [0.1, 0.15) is 6.04 Å². The number of hydrogen-bond donors (Lipinski definition) is 3. The van der Waals surface area contributed by atoms with E-state index in [1.165, 1.54) is 58.3 Å². The fourth-order valence-electron chi connectivity index (χ4n) is 2.16. The summed E-state index contributed by atoms with van der Waals surface area (Å²) in [7, 11) is 0. The minimum atomic E-state index is -0.807. The highest BCUT2D eigenvalue weighted by Gasteiger charge is 2.17. The van der Waals surface area contributed by atoms with E-state index in [0.29, 0.717) is 6.54 Å². The predicted octanol–water partition coefficient (Wildman–Crippen LogP) is 2.73. The lowest BCUT2D eigenvalue weighted by molar-refractivity contribution is -0.124. The highest BCUT2D eigenvalue weighted by atomic mass is 16.3. The van der Waals surface area contributed by atoms with Crippen molar-refractivity contribution in [3.8, 4) is 0 Å². The summed E-state index contributed by atoms with van der Waals surface area (Å²) in [6.07, 6.45) is 12.0. The van der Waals surface area contributed by atoms with Crippen LogP contribution in [-0.2, 0) is 4.79 Å². The molecule has 4 nitrogen and oxygen atoms in total. The minimum absolute atomic E-state index is 0.254. The smallest absolute Gasteiger partial charge is 0.239 e. The molecule has 0 radical (unpaired) electrons. The number of amides is 1.